The Morgan fingerprint density at radius 3 is 2.47 bits per heavy atom. The van der Waals surface area contributed by atoms with E-state index in [0.29, 0.717) is 26.4 Å². The van der Waals surface area contributed by atoms with Crippen LogP contribution in [0.5, 0.6) is 5.75 Å². The lowest BCUT2D eigenvalue weighted by molar-refractivity contribution is 0.0698. The van der Waals surface area contributed by atoms with Gasteiger partial charge < -0.3 is 29.4 Å². The Hall–Kier alpha value is -2.65. The number of benzene rings is 1. The van der Waals surface area contributed by atoms with E-state index in [2.05, 4.69) is 38.0 Å². The van der Waals surface area contributed by atoms with Gasteiger partial charge in [0, 0.05) is 33.9 Å². The van der Waals surface area contributed by atoms with Crippen LogP contribution < -0.4 is 15.4 Å². The maximum atomic E-state index is 5.50. The van der Waals surface area contributed by atoms with Crippen LogP contribution in [0.3, 0.4) is 0 Å². The van der Waals surface area contributed by atoms with E-state index >= 15 is 0 Å². The maximum absolute atomic E-state index is 5.50. The number of aromatic nitrogens is 3. The van der Waals surface area contributed by atoms with Gasteiger partial charge in [0.1, 0.15) is 18.1 Å². The number of nitrogens with one attached hydrogen (secondary N) is 2. The number of hydrogen-bond acceptors (Lipinski definition) is 6. The first-order valence-electron chi connectivity index (χ1n) is 10.2. The quantitative estimate of drug-likeness (QED) is 0.289. The fourth-order valence-corrected chi connectivity index (χ4v) is 2.66. The highest BCUT2D eigenvalue weighted by Crippen LogP contribution is 2.11. The van der Waals surface area contributed by atoms with Crippen molar-refractivity contribution in [1.82, 2.24) is 25.4 Å². The van der Waals surface area contributed by atoms with Crippen LogP contribution in [-0.4, -0.2) is 67.9 Å². The lowest BCUT2D eigenvalue weighted by Gasteiger charge is -2.13. The largest absolute Gasteiger partial charge is 0.497 e. The highest BCUT2D eigenvalue weighted by molar-refractivity contribution is 5.79. The molecule has 0 radical (unpaired) electrons. The van der Waals surface area contributed by atoms with Crippen LogP contribution in [0.4, 0.5) is 0 Å². The lowest BCUT2D eigenvalue weighted by atomic mass is 10.1. The first-order chi connectivity index (χ1) is 14.6. The number of ether oxygens (including phenoxy) is 3. The summed E-state index contributed by atoms with van der Waals surface area (Å²) < 4.78 is 17.6. The summed E-state index contributed by atoms with van der Waals surface area (Å²) >= 11 is 0. The Bertz CT molecular complexity index is 761. The molecule has 0 spiro atoms. The van der Waals surface area contributed by atoms with Crippen molar-refractivity contribution in [1.29, 1.82) is 0 Å². The van der Waals surface area contributed by atoms with Crippen molar-refractivity contribution < 1.29 is 14.2 Å². The molecule has 2 rings (SSSR count). The molecule has 0 saturated carbocycles. The molecule has 9 heteroatoms. The topological polar surface area (TPSA) is 94.8 Å². The Balaban J connectivity index is 1.83. The molecule has 2 N–H and O–H groups in total. The fraction of sp³-hybridized carbons (Fsp3) is 0.571. The summed E-state index contributed by atoms with van der Waals surface area (Å²) in [6.07, 6.45) is 1.76. The summed E-state index contributed by atoms with van der Waals surface area (Å²) in [6, 6.07) is 8.10. The van der Waals surface area contributed by atoms with Crippen LogP contribution in [0.25, 0.3) is 0 Å². The summed E-state index contributed by atoms with van der Waals surface area (Å²) in [5.74, 6) is 3.31. The van der Waals surface area contributed by atoms with Crippen LogP contribution in [0.2, 0.25) is 0 Å². The zero-order valence-corrected chi connectivity index (χ0v) is 18.5. The van der Waals surface area contributed by atoms with Gasteiger partial charge in [0.05, 0.1) is 20.3 Å². The van der Waals surface area contributed by atoms with Gasteiger partial charge in [-0.25, -0.2) is 4.99 Å². The molecule has 0 aliphatic heterocycles. The monoisotopic (exact) mass is 418 g/mol. The second-order valence-electron chi connectivity index (χ2n) is 6.80. The van der Waals surface area contributed by atoms with Crippen molar-refractivity contribution in [2.45, 2.75) is 26.3 Å². The fourth-order valence-electron chi connectivity index (χ4n) is 2.66. The smallest absolute Gasteiger partial charge is 0.191 e. The number of methoxy groups -OCH3 is 2. The number of guanidine groups is 1. The zero-order chi connectivity index (χ0) is 21.6. The molecule has 0 aliphatic rings. The second-order valence-corrected chi connectivity index (χ2v) is 6.80. The van der Waals surface area contributed by atoms with Crippen LogP contribution in [-0.2, 0) is 29.5 Å². The first kappa shape index (κ1) is 23.6. The third-order valence-corrected chi connectivity index (χ3v) is 4.62. The predicted molar refractivity (Wildman–Crippen MR) is 117 cm³/mol. The number of aliphatic imine (C=N–C) groups is 1. The van der Waals surface area contributed by atoms with Crippen molar-refractivity contribution in [2.24, 2.45) is 12.0 Å². The predicted octanol–water partition coefficient (Wildman–Crippen LogP) is 1.46. The number of nitrogens with zero attached hydrogens (tertiary/aromatic N) is 4. The lowest BCUT2D eigenvalue weighted by Crippen LogP contribution is -2.39. The van der Waals surface area contributed by atoms with E-state index in [0.717, 1.165) is 49.3 Å². The van der Waals surface area contributed by atoms with E-state index in [-0.39, 0.29) is 0 Å². The molecule has 0 unspecified atom stereocenters. The summed E-state index contributed by atoms with van der Waals surface area (Å²) in [7, 11) is 5.29. The molecule has 0 saturated heterocycles. The third-order valence-electron chi connectivity index (χ3n) is 4.62. The second kappa shape index (κ2) is 13.6. The molecule has 0 bridgehead atoms. The minimum Gasteiger partial charge on any atom is -0.497 e. The van der Waals surface area contributed by atoms with E-state index in [1.165, 1.54) is 5.56 Å². The molecular weight excluding hydrogens is 384 g/mol. The van der Waals surface area contributed by atoms with Gasteiger partial charge in [-0.15, -0.1) is 10.2 Å². The van der Waals surface area contributed by atoms with Gasteiger partial charge in [-0.3, -0.25) is 0 Å². The van der Waals surface area contributed by atoms with Crippen molar-refractivity contribution in [2.75, 3.05) is 47.1 Å². The summed E-state index contributed by atoms with van der Waals surface area (Å²) in [5, 5.41) is 15.0. The van der Waals surface area contributed by atoms with Crippen molar-refractivity contribution in [3.05, 3.63) is 41.5 Å². The molecule has 1 aromatic carbocycles. The molecule has 0 amide bonds. The third kappa shape index (κ3) is 8.38. The molecule has 2 aromatic rings. The first-order valence-corrected chi connectivity index (χ1v) is 10.2. The van der Waals surface area contributed by atoms with Gasteiger partial charge >= 0.3 is 0 Å². The van der Waals surface area contributed by atoms with Crippen molar-refractivity contribution in [3.63, 3.8) is 0 Å². The zero-order valence-electron chi connectivity index (χ0n) is 18.5. The minimum atomic E-state index is 0.458. The van der Waals surface area contributed by atoms with Gasteiger partial charge in [0.15, 0.2) is 11.8 Å². The minimum absolute atomic E-state index is 0.458. The Morgan fingerprint density at radius 2 is 1.80 bits per heavy atom. The average Bonchev–Trinajstić information content (AvgIpc) is 3.09. The van der Waals surface area contributed by atoms with Crippen LogP contribution in [0.1, 0.15) is 23.6 Å². The van der Waals surface area contributed by atoms with E-state index in [9.17, 15) is 0 Å². The molecule has 0 aliphatic carbocycles. The van der Waals surface area contributed by atoms with Crippen LogP contribution in [0, 0.1) is 6.92 Å². The van der Waals surface area contributed by atoms with Gasteiger partial charge in [-0.1, -0.05) is 12.1 Å². The molecule has 1 aromatic heterocycles. The van der Waals surface area contributed by atoms with E-state index in [4.69, 9.17) is 14.2 Å². The van der Waals surface area contributed by atoms with Gasteiger partial charge in [0.25, 0.3) is 0 Å². The SMILES string of the molecule is COCCOCCCNC(=NCc1nnc(C)n1C)NCCc1ccc(OC)cc1. The van der Waals surface area contributed by atoms with E-state index in [1.54, 1.807) is 14.2 Å². The average molecular weight is 419 g/mol. The number of aryl methyl sites for hydroxylation is 1. The highest BCUT2D eigenvalue weighted by atomic mass is 16.5. The molecular formula is C21H34N6O3. The number of hydrogen-bond donors (Lipinski definition) is 2. The maximum Gasteiger partial charge on any atom is 0.191 e. The van der Waals surface area contributed by atoms with Crippen molar-refractivity contribution in [3.8, 4) is 5.75 Å². The summed E-state index contributed by atoms with van der Waals surface area (Å²) in [6.45, 7) is 5.82. The van der Waals surface area contributed by atoms with Gasteiger partial charge in [-0.2, -0.15) is 0 Å². The van der Waals surface area contributed by atoms with Crippen molar-refractivity contribution >= 4 is 5.96 Å². The standard InChI is InChI=1S/C21H34N6O3/c1-17-25-26-20(27(17)2)16-24-21(22-11-5-13-30-15-14-28-3)23-12-10-18-6-8-19(29-4)9-7-18/h6-9H,5,10-16H2,1-4H3,(H2,22,23,24). The summed E-state index contributed by atoms with van der Waals surface area (Å²) in [5.41, 5.74) is 1.23. The van der Waals surface area contributed by atoms with Crippen LogP contribution in [0.15, 0.2) is 29.3 Å². The number of rotatable bonds is 13. The Morgan fingerprint density at radius 1 is 1.03 bits per heavy atom. The Kier molecular flexibility index (Phi) is 10.7. The van der Waals surface area contributed by atoms with Gasteiger partial charge in [0.2, 0.25) is 0 Å². The molecule has 0 atom stereocenters. The highest BCUT2D eigenvalue weighted by Gasteiger charge is 2.05. The molecule has 1 heterocycles. The summed E-state index contributed by atoms with van der Waals surface area (Å²) in [4.78, 5) is 4.66. The molecule has 166 valence electrons. The Labute approximate surface area is 178 Å². The molecule has 0 fully saturated rings. The van der Waals surface area contributed by atoms with E-state index in [1.807, 2.05) is 30.7 Å². The normalized spacial score (nSPS) is 11.5. The van der Waals surface area contributed by atoms with E-state index < -0.39 is 0 Å². The van der Waals surface area contributed by atoms with Crippen LogP contribution >= 0.6 is 0 Å². The van der Waals surface area contributed by atoms with Gasteiger partial charge in [-0.05, 0) is 37.5 Å². The molecule has 9 nitrogen and oxygen atoms in total. The molecule has 30 heavy (non-hydrogen) atoms.